The number of hydrogen-bond donors (Lipinski definition) is 0. The van der Waals surface area contributed by atoms with E-state index >= 15 is 0 Å². The second kappa shape index (κ2) is 5.06. The first-order valence-corrected chi connectivity index (χ1v) is 6.57. The van der Waals surface area contributed by atoms with Gasteiger partial charge in [0.1, 0.15) is 0 Å². The molecule has 0 aromatic carbocycles. The Balaban J connectivity index is 0.00000169. The molecular weight excluding hydrogens is 407 g/mol. The third kappa shape index (κ3) is 3.02. The van der Waals surface area contributed by atoms with E-state index in [1.807, 2.05) is 0 Å². The zero-order valence-electron chi connectivity index (χ0n) is 9.89. The zero-order valence-corrected chi connectivity index (χ0v) is 14.5. The van der Waals surface area contributed by atoms with Crippen molar-refractivity contribution in [2.24, 2.45) is 0 Å². The summed E-state index contributed by atoms with van der Waals surface area (Å²) in [5.74, 6) is 1.50. The van der Waals surface area contributed by atoms with Gasteiger partial charge in [0.05, 0.1) is 0 Å². The van der Waals surface area contributed by atoms with Crippen LogP contribution >= 0.6 is 0 Å². The Kier molecular flexibility index (Phi) is 5.26. The molecule has 1 rings (SSSR count). The fraction of sp³-hybridized carbons (Fsp3) is 0.583. The van der Waals surface area contributed by atoms with Gasteiger partial charge in [0, 0.05) is 21.1 Å². The predicted octanol–water partition coefficient (Wildman–Crippen LogP) is 3.31. The van der Waals surface area contributed by atoms with Crippen molar-refractivity contribution in [3.05, 3.63) is 26.4 Å². The molecule has 0 spiro atoms. The van der Waals surface area contributed by atoms with Crippen LogP contribution in [0.15, 0.2) is 4.94 Å². The minimum absolute atomic E-state index is 0. The Morgan fingerprint density at radius 1 is 1.21 bits per heavy atom. The Hall–Kier alpha value is 0.558. The normalized spacial score (nSPS) is 11.0. The SMILES string of the molecule is Cc1c[se]c([C-](C)C)c1C(C)(C)C.[W]. The molecule has 0 aliphatic rings. The van der Waals surface area contributed by atoms with E-state index in [4.69, 9.17) is 0 Å². The Bertz CT molecular complexity index is 292. The maximum Gasteiger partial charge on any atom is 0 e. The summed E-state index contributed by atoms with van der Waals surface area (Å²) in [4.78, 5) is 2.41. The fourth-order valence-electron chi connectivity index (χ4n) is 1.74. The van der Waals surface area contributed by atoms with E-state index in [1.54, 1.807) is 10.0 Å². The van der Waals surface area contributed by atoms with Gasteiger partial charge in [-0.1, -0.05) is 0 Å². The molecule has 0 fully saturated rings. The Labute approximate surface area is 108 Å². The molecule has 80 valence electrons. The molecule has 0 aliphatic carbocycles. The van der Waals surface area contributed by atoms with Gasteiger partial charge >= 0.3 is 87.9 Å². The molecular formula is C12H19SeW-. The molecule has 0 atom stereocenters. The van der Waals surface area contributed by atoms with E-state index < -0.39 is 0 Å². The molecule has 1 heterocycles. The van der Waals surface area contributed by atoms with E-state index in [-0.39, 0.29) is 21.1 Å². The van der Waals surface area contributed by atoms with E-state index in [2.05, 4.69) is 46.5 Å². The molecule has 0 N–H and O–H groups in total. The molecule has 14 heavy (non-hydrogen) atoms. The minimum atomic E-state index is 0. The Morgan fingerprint density at radius 3 is 2.00 bits per heavy atom. The monoisotopic (exact) mass is 427 g/mol. The van der Waals surface area contributed by atoms with Crippen molar-refractivity contribution in [1.29, 1.82) is 0 Å². The van der Waals surface area contributed by atoms with Gasteiger partial charge in [-0.15, -0.1) is 0 Å². The van der Waals surface area contributed by atoms with Crippen molar-refractivity contribution in [3.63, 3.8) is 0 Å². The van der Waals surface area contributed by atoms with Crippen LogP contribution in [0.25, 0.3) is 0 Å². The summed E-state index contributed by atoms with van der Waals surface area (Å²) in [5.41, 5.74) is 3.40. The number of rotatable bonds is 1. The predicted molar refractivity (Wildman–Crippen MR) is 60.5 cm³/mol. The van der Waals surface area contributed by atoms with Crippen molar-refractivity contribution in [3.8, 4) is 0 Å². The summed E-state index contributed by atoms with van der Waals surface area (Å²) in [6.45, 7) is 13.6. The summed E-state index contributed by atoms with van der Waals surface area (Å²) in [6, 6.07) is 0. The van der Waals surface area contributed by atoms with Crippen LogP contribution in [0, 0.1) is 12.8 Å². The van der Waals surface area contributed by atoms with Crippen molar-refractivity contribution in [2.75, 3.05) is 0 Å². The largest absolute Gasteiger partial charge is 0 e. The van der Waals surface area contributed by atoms with Crippen LogP contribution < -0.4 is 0 Å². The first-order valence-electron chi connectivity index (χ1n) is 4.73. The zero-order chi connectivity index (χ0) is 10.2. The van der Waals surface area contributed by atoms with Gasteiger partial charge in [0.25, 0.3) is 0 Å². The molecule has 2 heteroatoms. The second-order valence-electron chi connectivity index (χ2n) is 4.87. The van der Waals surface area contributed by atoms with E-state index in [0.29, 0.717) is 19.9 Å². The van der Waals surface area contributed by atoms with Crippen LogP contribution in [0.2, 0.25) is 0 Å². The fourth-order valence-corrected chi connectivity index (χ4v) is 4.33. The summed E-state index contributed by atoms with van der Waals surface area (Å²) in [7, 11) is 0. The van der Waals surface area contributed by atoms with E-state index in [9.17, 15) is 0 Å². The van der Waals surface area contributed by atoms with Crippen molar-refractivity contribution in [1.82, 2.24) is 0 Å². The average Bonchev–Trinajstić information content (AvgIpc) is 2.28. The summed E-state index contributed by atoms with van der Waals surface area (Å²) in [6.07, 6.45) is 0. The number of aryl methyl sites for hydroxylation is 1. The molecule has 0 aliphatic heterocycles. The van der Waals surface area contributed by atoms with Crippen molar-refractivity contribution in [2.45, 2.75) is 47.0 Å². The van der Waals surface area contributed by atoms with Crippen LogP contribution in [-0.4, -0.2) is 14.5 Å². The maximum atomic E-state index is 2.41. The van der Waals surface area contributed by atoms with Gasteiger partial charge in [0.15, 0.2) is 0 Å². The summed E-state index contributed by atoms with van der Waals surface area (Å²) < 4.78 is 1.62. The third-order valence-electron chi connectivity index (χ3n) is 2.18. The van der Waals surface area contributed by atoms with Gasteiger partial charge in [0.2, 0.25) is 0 Å². The van der Waals surface area contributed by atoms with Crippen molar-refractivity contribution < 1.29 is 21.1 Å². The van der Waals surface area contributed by atoms with Gasteiger partial charge in [-0.25, -0.2) is 0 Å². The molecule has 0 saturated heterocycles. The molecule has 0 amide bonds. The van der Waals surface area contributed by atoms with Gasteiger partial charge in [-0.05, 0) is 0 Å². The molecule has 0 nitrogen and oxygen atoms in total. The maximum absolute atomic E-state index is 2.41. The number of hydrogen-bond acceptors (Lipinski definition) is 0. The van der Waals surface area contributed by atoms with Crippen LogP contribution in [-0.2, 0) is 26.5 Å². The Morgan fingerprint density at radius 2 is 1.71 bits per heavy atom. The van der Waals surface area contributed by atoms with Crippen LogP contribution in [0.3, 0.4) is 0 Å². The standard InChI is InChI=1S/C12H19Se.W/c1-8(2)11-10(12(4,5)6)9(3)7-13-11;/h7H,1-6H3;/q-1;. The minimum Gasteiger partial charge on any atom is 0 e. The average molecular weight is 426 g/mol. The molecule has 1 aromatic heterocycles. The first-order chi connectivity index (χ1) is 5.84. The molecule has 0 bridgehead atoms. The molecule has 0 radical (unpaired) electrons. The first kappa shape index (κ1) is 14.6. The van der Waals surface area contributed by atoms with E-state index in [0.717, 1.165) is 0 Å². The molecule has 1 aromatic rings. The van der Waals surface area contributed by atoms with Crippen LogP contribution in [0.1, 0.15) is 50.2 Å². The van der Waals surface area contributed by atoms with Gasteiger partial charge in [-0.3, -0.25) is 0 Å². The smallest absolute Gasteiger partial charge is 0 e. The quantitative estimate of drug-likeness (QED) is 0.478. The topological polar surface area (TPSA) is 0 Å². The summed E-state index contributed by atoms with van der Waals surface area (Å²) in [5, 5.41) is 0. The summed E-state index contributed by atoms with van der Waals surface area (Å²) >= 11 is 0.589. The van der Waals surface area contributed by atoms with Crippen molar-refractivity contribution >= 4 is 14.5 Å². The van der Waals surface area contributed by atoms with Crippen LogP contribution in [0.4, 0.5) is 0 Å². The van der Waals surface area contributed by atoms with Gasteiger partial charge in [-0.2, -0.15) is 0 Å². The van der Waals surface area contributed by atoms with Gasteiger partial charge < -0.3 is 0 Å². The second-order valence-corrected chi connectivity index (χ2v) is 6.72. The van der Waals surface area contributed by atoms with E-state index in [1.165, 1.54) is 11.5 Å². The molecule has 0 unspecified atom stereocenters. The van der Waals surface area contributed by atoms with Crippen LogP contribution in [0.5, 0.6) is 0 Å². The molecule has 0 saturated carbocycles. The third-order valence-corrected chi connectivity index (χ3v) is 4.95.